The van der Waals surface area contributed by atoms with Crippen molar-refractivity contribution in [1.82, 2.24) is 0 Å². The molecule has 71 heavy (non-hydrogen) atoms. The van der Waals surface area contributed by atoms with Crippen LogP contribution in [0.4, 0.5) is 0 Å². The number of ether oxygens (including phenoxy) is 2. The van der Waals surface area contributed by atoms with Gasteiger partial charge in [0.1, 0.15) is 6.29 Å². The van der Waals surface area contributed by atoms with Crippen molar-refractivity contribution in [3.8, 4) is 0 Å². The molecule has 0 heterocycles. The maximum absolute atomic E-state index is 12.1. The molecule has 9 nitrogen and oxygen atoms in total. The van der Waals surface area contributed by atoms with Gasteiger partial charge in [-0.3, -0.25) is 4.57 Å². The fourth-order valence-electron chi connectivity index (χ4n) is 9.77. The number of allylic oxidation sites excluding steroid dienone is 4. The van der Waals surface area contributed by atoms with Crippen LogP contribution in [0.5, 0.6) is 0 Å². The Morgan fingerprint density at radius 1 is 0.634 bits per heavy atom. The van der Waals surface area contributed by atoms with Gasteiger partial charge < -0.3 is 28.4 Å². The predicted octanol–water partition coefficient (Wildman–Crippen LogP) is 10.8. The number of rotatable bonds is 15. The molecule has 0 bridgehead atoms. The Kier molecular flexibility index (Phi) is 24.0. The molecule has 392 valence electrons. The van der Waals surface area contributed by atoms with E-state index < -0.39 is 19.2 Å². The molecule has 2 aromatic carbocycles. The zero-order chi connectivity index (χ0) is 53.3. The van der Waals surface area contributed by atoms with Crippen molar-refractivity contribution < 1.29 is 94.0 Å². The van der Waals surface area contributed by atoms with E-state index in [9.17, 15) is 24.1 Å². The summed E-state index contributed by atoms with van der Waals surface area (Å²) in [7, 11) is -3.13. The van der Waals surface area contributed by atoms with Gasteiger partial charge in [0, 0.05) is 23.5 Å². The largest absolute Gasteiger partial charge is 1.00 e. The van der Waals surface area contributed by atoms with E-state index in [2.05, 4.69) is 118 Å². The first-order valence-electron chi connectivity index (χ1n) is 25.9. The molecule has 6 rings (SSSR count). The van der Waals surface area contributed by atoms with Gasteiger partial charge in [-0.1, -0.05) is 144 Å². The van der Waals surface area contributed by atoms with E-state index >= 15 is 0 Å². The second-order valence-corrected chi connectivity index (χ2v) is 26.2. The second-order valence-electron chi connectivity index (χ2n) is 24.1. The van der Waals surface area contributed by atoms with Crippen molar-refractivity contribution in [2.24, 2.45) is 11.8 Å². The van der Waals surface area contributed by atoms with Gasteiger partial charge in [0.05, 0.1) is 32.6 Å². The quantitative estimate of drug-likeness (QED) is 0.0428. The van der Waals surface area contributed by atoms with Crippen LogP contribution in [0, 0.1) is 11.8 Å². The molecule has 4 unspecified atom stereocenters. The van der Waals surface area contributed by atoms with Crippen LogP contribution < -0.4 is 56.5 Å². The molecule has 2 aromatic rings. The smallest absolute Gasteiger partial charge is 0.850 e. The molecule has 0 aromatic heterocycles. The molecule has 4 atom stereocenters. The van der Waals surface area contributed by atoms with Gasteiger partial charge >= 0.3 is 70.9 Å². The van der Waals surface area contributed by atoms with Crippen LogP contribution in [0.3, 0.4) is 0 Å². The minimum absolute atomic E-state index is 0. The number of hydrogen-bond acceptors (Lipinski definition) is 9. The average molecular weight is 1030 g/mol. The summed E-state index contributed by atoms with van der Waals surface area (Å²) in [6.45, 7) is 40.5. The summed E-state index contributed by atoms with van der Waals surface area (Å²) in [5.41, 5.74) is 11.0. The third-order valence-corrected chi connectivity index (χ3v) is 17.0. The molecule has 4 aliphatic carbocycles. The zero-order valence-corrected chi connectivity index (χ0v) is 51.9. The number of carbonyl (C=O) groups excluding carboxylic acids is 3. The van der Waals surface area contributed by atoms with Gasteiger partial charge in [0.25, 0.3) is 0 Å². The molecule has 0 spiro atoms. The normalized spacial score (nSPS) is 24.3. The van der Waals surface area contributed by atoms with Crippen molar-refractivity contribution in [3.05, 3.63) is 105 Å². The van der Waals surface area contributed by atoms with E-state index in [4.69, 9.17) is 18.5 Å². The van der Waals surface area contributed by atoms with Crippen molar-refractivity contribution >= 4 is 25.8 Å². The van der Waals surface area contributed by atoms with E-state index in [-0.39, 0.29) is 102 Å². The summed E-state index contributed by atoms with van der Waals surface area (Å²) in [6.07, 6.45) is 15.6. The van der Waals surface area contributed by atoms with Crippen LogP contribution in [0.2, 0.25) is 0 Å². The molecule has 11 heteroatoms. The summed E-state index contributed by atoms with van der Waals surface area (Å²) in [5, 5.41) is 10.1. The standard InChI is InChI=1S/C26H36O2.C19H26O.C11H21O5P.C4H9O.K/c1-8-28-23(27)15-18(2)9-10-20-17-26(20,7)19-11-12-21-22(16-19)25(5,6)14-13-24(21,3)4;1-17(2)8-9-18(3,4)16-10-13(6-7-15(16)17)19(5)11-14(19)12-20;1-5-14-11(12)8-10(4)9-17(13,15-6-2)16-7-3;1-4(2,3)5;/h9-12,15-16,20H,8,13-14,17H2,1-7H3;6-7,10,12,14H,8-9,11H2,1-5H3;8H,5-7,9H2,1-4H3;1-3H3;/q;;;-1;+1/b10-9+,18-15+;;10-8+;;. The van der Waals surface area contributed by atoms with Gasteiger partial charge in [-0.15, -0.1) is 5.60 Å². The Morgan fingerprint density at radius 2 is 1.00 bits per heavy atom. The average Bonchev–Trinajstić information content (AvgIpc) is 4.13. The van der Waals surface area contributed by atoms with E-state index in [1.807, 2.05) is 13.8 Å². The Balaban J connectivity index is 0.000000357. The summed E-state index contributed by atoms with van der Waals surface area (Å²) < 4.78 is 32.1. The molecule has 4 aliphatic rings. The number of fused-ring (bicyclic) bond motifs is 2. The molecule has 0 saturated heterocycles. The van der Waals surface area contributed by atoms with Crippen molar-refractivity contribution in [1.29, 1.82) is 0 Å². The van der Waals surface area contributed by atoms with E-state index in [1.54, 1.807) is 54.5 Å². The maximum atomic E-state index is 12.1. The second kappa shape index (κ2) is 26.2. The number of esters is 2. The van der Waals surface area contributed by atoms with E-state index in [1.165, 1.54) is 71.6 Å². The summed E-state index contributed by atoms with van der Waals surface area (Å²) >= 11 is 0. The molecule has 2 saturated carbocycles. The molecular weight excluding hydrogens is 935 g/mol. The van der Waals surface area contributed by atoms with Gasteiger partial charge in [0.15, 0.2) is 0 Å². The van der Waals surface area contributed by atoms with Gasteiger partial charge in [-0.2, -0.15) is 0 Å². The van der Waals surface area contributed by atoms with Crippen LogP contribution >= 0.6 is 7.60 Å². The Morgan fingerprint density at radius 3 is 1.37 bits per heavy atom. The van der Waals surface area contributed by atoms with Crippen LogP contribution in [-0.2, 0) is 70.0 Å². The summed E-state index contributed by atoms with van der Waals surface area (Å²) in [5.74, 6) is 0.0448. The Bertz CT molecular complexity index is 2260. The fourth-order valence-corrected chi connectivity index (χ4v) is 11.5. The number of hydrogen-bond donors (Lipinski definition) is 0. The first-order valence-corrected chi connectivity index (χ1v) is 27.6. The van der Waals surface area contributed by atoms with E-state index in [0.717, 1.165) is 18.3 Å². The molecule has 0 radical (unpaired) electrons. The monoisotopic (exact) mass is 1030 g/mol. The SMILES string of the molecule is CC(C)(C)[O-].CC1(C)CCC(C)(C)c2cc(C3(C)CC3C=O)ccc21.CCOC(=O)/C=C(C)/C=C/C1CC1(C)c1ccc2c(c1)C(C)(C)CCC2(C)C.CCOC(=O)/C=C(\C)CP(=O)(OCC)OCC.[K+]. The van der Waals surface area contributed by atoms with Crippen LogP contribution in [0.1, 0.15) is 203 Å². The van der Waals surface area contributed by atoms with Crippen molar-refractivity contribution in [2.45, 2.75) is 208 Å². The fraction of sp³-hybridized carbons (Fsp3) is 0.650. The number of carbonyl (C=O) groups is 3. The molecule has 2 fully saturated rings. The molecular formula is C60H92KO9P. The van der Waals surface area contributed by atoms with Crippen molar-refractivity contribution in [3.63, 3.8) is 0 Å². The van der Waals surface area contributed by atoms with Crippen molar-refractivity contribution in [2.75, 3.05) is 32.6 Å². The number of benzene rings is 2. The summed E-state index contributed by atoms with van der Waals surface area (Å²) in [6, 6.07) is 14.2. The maximum Gasteiger partial charge on any atom is 1.00 e. The minimum Gasteiger partial charge on any atom is -0.850 e. The molecule has 0 N–H and O–H groups in total. The van der Waals surface area contributed by atoms with Gasteiger partial charge in [0.2, 0.25) is 0 Å². The Hall–Kier alpha value is -1.98. The van der Waals surface area contributed by atoms with Crippen LogP contribution in [0.15, 0.2) is 71.8 Å². The third-order valence-electron chi connectivity index (χ3n) is 14.8. The third kappa shape index (κ3) is 18.7. The van der Waals surface area contributed by atoms with E-state index in [0.29, 0.717) is 37.9 Å². The zero-order valence-electron chi connectivity index (χ0n) is 47.9. The van der Waals surface area contributed by atoms with Gasteiger partial charge in [-0.25, -0.2) is 9.59 Å². The minimum atomic E-state index is -3.13. The Labute approximate surface area is 473 Å². The topological polar surface area (TPSA) is 128 Å². The summed E-state index contributed by atoms with van der Waals surface area (Å²) in [4.78, 5) is 33.8. The van der Waals surface area contributed by atoms with Crippen LogP contribution in [0.25, 0.3) is 0 Å². The molecule has 0 aliphatic heterocycles. The first-order chi connectivity index (χ1) is 32.2. The van der Waals surface area contributed by atoms with Gasteiger partial charge in [-0.05, 0) is 152 Å². The predicted molar refractivity (Wildman–Crippen MR) is 286 cm³/mol. The first kappa shape index (κ1) is 65.1. The number of aldehydes is 1. The molecule has 0 amide bonds. The van der Waals surface area contributed by atoms with Crippen LogP contribution in [-0.4, -0.2) is 56.4 Å².